The molecule has 0 atom stereocenters. The molecule has 1 aliphatic heterocycles. The van der Waals surface area contributed by atoms with Crippen LogP contribution in [0, 0.1) is 5.82 Å². The van der Waals surface area contributed by atoms with E-state index in [1.807, 2.05) is 41.3 Å². The van der Waals surface area contributed by atoms with Crippen molar-refractivity contribution in [3.8, 4) is 22.6 Å². The Morgan fingerprint density at radius 3 is 2.69 bits per heavy atom. The lowest BCUT2D eigenvalue weighted by molar-refractivity contribution is 0.0880. The Labute approximate surface area is 188 Å². The number of hydrogen-bond acceptors (Lipinski definition) is 5. The molecule has 5 nitrogen and oxygen atoms in total. The maximum absolute atomic E-state index is 14.3. The van der Waals surface area contributed by atoms with E-state index in [9.17, 15) is 9.18 Å². The second-order valence-electron chi connectivity index (χ2n) is 7.59. The highest BCUT2D eigenvalue weighted by molar-refractivity contribution is 6.31. The zero-order valence-electron chi connectivity index (χ0n) is 17.2. The van der Waals surface area contributed by atoms with E-state index >= 15 is 0 Å². The van der Waals surface area contributed by atoms with Gasteiger partial charge in [0.25, 0.3) is 0 Å². The van der Waals surface area contributed by atoms with Crippen molar-refractivity contribution in [1.29, 1.82) is 0 Å². The zero-order valence-corrected chi connectivity index (χ0v) is 18.0. The monoisotopic (exact) mass is 451 g/mol. The van der Waals surface area contributed by atoms with E-state index < -0.39 is 5.63 Å². The quantitative estimate of drug-likeness (QED) is 0.377. The average molecular weight is 452 g/mol. The van der Waals surface area contributed by atoms with Crippen LogP contribution in [0.25, 0.3) is 22.1 Å². The van der Waals surface area contributed by atoms with E-state index in [1.165, 1.54) is 12.1 Å². The molecule has 2 heterocycles. The lowest BCUT2D eigenvalue weighted by atomic mass is 9.99. The van der Waals surface area contributed by atoms with Gasteiger partial charge in [-0.2, -0.15) is 0 Å². The standard InChI is InChI=1S/C25H19ClFNO4/c1-30-16-7-5-15(6-8-16)18-11-24(29)32-25-17(18)9-10-23-20(25)13-28(14-31-23)12-19-21(26)3-2-4-22(19)27/h2-11H,12-14H2,1H3. The molecule has 0 unspecified atom stereocenters. The smallest absolute Gasteiger partial charge is 0.336 e. The van der Waals surface area contributed by atoms with Gasteiger partial charge in [-0.1, -0.05) is 29.8 Å². The molecule has 1 aliphatic rings. The number of benzene rings is 3. The lowest BCUT2D eigenvalue weighted by Crippen LogP contribution is -2.32. The lowest BCUT2D eigenvalue weighted by Gasteiger charge is -2.29. The molecule has 3 aromatic carbocycles. The fraction of sp³-hybridized carbons (Fsp3) is 0.160. The highest BCUT2D eigenvalue weighted by atomic mass is 35.5. The summed E-state index contributed by atoms with van der Waals surface area (Å²) in [5.74, 6) is 1.01. The Hall–Kier alpha value is -3.35. The van der Waals surface area contributed by atoms with Crippen LogP contribution >= 0.6 is 11.6 Å². The van der Waals surface area contributed by atoms with Gasteiger partial charge in [0.15, 0.2) is 0 Å². The van der Waals surface area contributed by atoms with Gasteiger partial charge in [-0.15, -0.1) is 0 Å². The summed E-state index contributed by atoms with van der Waals surface area (Å²) >= 11 is 6.20. The topological polar surface area (TPSA) is 51.9 Å². The first-order valence-electron chi connectivity index (χ1n) is 10.1. The van der Waals surface area contributed by atoms with Crippen molar-refractivity contribution < 1.29 is 18.3 Å². The molecular weight excluding hydrogens is 433 g/mol. The molecule has 0 bridgehead atoms. The summed E-state index contributed by atoms with van der Waals surface area (Å²) in [7, 11) is 1.61. The summed E-state index contributed by atoms with van der Waals surface area (Å²) in [6.45, 7) is 0.960. The first-order valence-corrected chi connectivity index (χ1v) is 10.4. The van der Waals surface area contributed by atoms with Crippen molar-refractivity contribution in [3.05, 3.63) is 93.1 Å². The van der Waals surface area contributed by atoms with Gasteiger partial charge in [0.2, 0.25) is 0 Å². The van der Waals surface area contributed by atoms with Gasteiger partial charge in [-0.3, -0.25) is 4.90 Å². The van der Waals surface area contributed by atoms with Crippen LogP contribution in [-0.2, 0) is 13.1 Å². The zero-order chi connectivity index (χ0) is 22.2. The predicted octanol–water partition coefficient (Wildman–Crippen LogP) is 5.61. The molecule has 4 aromatic rings. The third-order valence-corrected chi connectivity index (χ3v) is 5.96. The van der Waals surface area contributed by atoms with Crippen LogP contribution in [-0.4, -0.2) is 18.7 Å². The van der Waals surface area contributed by atoms with Gasteiger partial charge < -0.3 is 13.9 Å². The fourth-order valence-corrected chi connectivity index (χ4v) is 4.22. The van der Waals surface area contributed by atoms with Gasteiger partial charge in [0.1, 0.15) is 29.6 Å². The molecule has 0 saturated heterocycles. The number of nitrogens with zero attached hydrogens (tertiary/aromatic N) is 1. The molecular formula is C25H19ClFNO4. The van der Waals surface area contributed by atoms with Gasteiger partial charge in [0, 0.05) is 35.1 Å². The number of ether oxygens (including phenoxy) is 2. The van der Waals surface area contributed by atoms with Crippen LogP contribution in [0.4, 0.5) is 4.39 Å². The number of rotatable bonds is 4. The van der Waals surface area contributed by atoms with Crippen molar-refractivity contribution in [2.75, 3.05) is 13.8 Å². The molecule has 0 fully saturated rings. The van der Waals surface area contributed by atoms with Gasteiger partial charge >= 0.3 is 5.63 Å². The van der Waals surface area contributed by atoms with Gasteiger partial charge in [-0.25, -0.2) is 9.18 Å². The normalized spacial score (nSPS) is 13.6. The van der Waals surface area contributed by atoms with E-state index in [1.54, 1.807) is 19.2 Å². The summed E-state index contributed by atoms with van der Waals surface area (Å²) in [5, 5.41) is 1.16. The van der Waals surface area contributed by atoms with Crippen molar-refractivity contribution in [2.24, 2.45) is 0 Å². The van der Waals surface area contributed by atoms with E-state index in [0.29, 0.717) is 28.5 Å². The van der Waals surface area contributed by atoms with Crippen LogP contribution < -0.4 is 15.1 Å². The Balaban J connectivity index is 1.56. The van der Waals surface area contributed by atoms with Gasteiger partial charge in [-0.05, 0) is 47.5 Å². The average Bonchev–Trinajstić information content (AvgIpc) is 2.81. The number of methoxy groups -OCH3 is 1. The molecule has 5 rings (SSSR count). The minimum atomic E-state index is -0.453. The number of hydrogen-bond donors (Lipinski definition) is 0. The molecule has 0 aliphatic carbocycles. The summed E-state index contributed by atoms with van der Waals surface area (Å²) < 4.78 is 31.0. The second kappa shape index (κ2) is 8.30. The van der Waals surface area contributed by atoms with Gasteiger partial charge in [0.05, 0.1) is 12.7 Å². The SMILES string of the molecule is COc1ccc(-c2cc(=O)oc3c4c(ccc23)OCN(Cc2c(F)cccc2Cl)C4)cc1. The van der Waals surface area contributed by atoms with Crippen LogP contribution in [0.5, 0.6) is 11.5 Å². The Bertz CT molecular complexity index is 1350. The first kappa shape index (κ1) is 20.5. The molecule has 1 aromatic heterocycles. The molecule has 0 spiro atoms. The highest BCUT2D eigenvalue weighted by Crippen LogP contribution is 2.37. The maximum atomic E-state index is 14.3. The van der Waals surface area contributed by atoms with Crippen LogP contribution in [0.2, 0.25) is 5.02 Å². The molecule has 162 valence electrons. The summed E-state index contributed by atoms with van der Waals surface area (Å²) in [4.78, 5) is 14.3. The van der Waals surface area contributed by atoms with Crippen LogP contribution in [0.1, 0.15) is 11.1 Å². The summed E-state index contributed by atoms with van der Waals surface area (Å²) in [6.07, 6.45) is 0. The van der Waals surface area contributed by atoms with E-state index in [-0.39, 0.29) is 19.1 Å². The molecule has 0 amide bonds. The summed E-state index contributed by atoms with van der Waals surface area (Å²) in [6, 6.07) is 17.4. The Morgan fingerprint density at radius 1 is 1.12 bits per heavy atom. The van der Waals surface area contributed by atoms with Crippen molar-refractivity contribution in [1.82, 2.24) is 4.90 Å². The predicted molar refractivity (Wildman–Crippen MR) is 121 cm³/mol. The fourth-order valence-electron chi connectivity index (χ4n) is 4.00. The van der Waals surface area contributed by atoms with Crippen molar-refractivity contribution >= 4 is 22.6 Å². The van der Waals surface area contributed by atoms with Crippen LogP contribution in [0.15, 0.2) is 69.9 Å². The maximum Gasteiger partial charge on any atom is 0.336 e. The molecule has 0 radical (unpaired) electrons. The minimum Gasteiger partial charge on any atom is -0.497 e. The van der Waals surface area contributed by atoms with Crippen molar-refractivity contribution in [2.45, 2.75) is 13.1 Å². The first-order chi connectivity index (χ1) is 15.5. The van der Waals surface area contributed by atoms with Crippen molar-refractivity contribution in [3.63, 3.8) is 0 Å². The number of fused-ring (bicyclic) bond motifs is 3. The Kier molecular flexibility index (Phi) is 5.33. The van der Waals surface area contributed by atoms with E-state index in [4.69, 9.17) is 25.5 Å². The number of halogens is 2. The highest BCUT2D eigenvalue weighted by Gasteiger charge is 2.24. The molecule has 0 saturated carbocycles. The third-order valence-electron chi connectivity index (χ3n) is 5.60. The molecule has 7 heteroatoms. The third kappa shape index (κ3) is 3.72. The Morgan fingerprint density at radius 2 is 1.94 bits per heavy atom. The van der Waals surface area contributed by atoms with E-state index in [0.717, 1.165) is 27.8 Å². The largest absolute Gasteiger partial charge is 0.497 e. The van der Waals surface area contributed by atoms with Crippen LogP contribution in [0.3, 0.4) is 0 Å². The minimum absolute atomic E-state index is 0.268. The molecule has 32 heavy (non-hydrogen) atoms. The summed E-state index contributed by atoms with van der Waals surface area (Å²) in [5.41, 5.74) is 2.79. The van der Waals surface area contributed by atoms with E-state index in [2.05, 4.69) is 0 Å². The molecule has 0 N–H and O–H groups in total. The second-order valence-corrected chi connectivity index (χ2v) is 7.99.